The Bertz CT molecular complexity index is 1900. The van der Waals surface area contributed by atoms with E-state index in [1.165, 1.54) is 5.56 Å². The number of allylic oxidation sites excluding steroid dienone is 2. The van der Waals surface area contributed by atoms with Crippen molar-refractivity contribution in [2.75, 3.05) is 35.4 Å². The number of methoxy groups -OCH3 is 3. The van der Waals surface area contributed by atoms with E-state index in [-0.39, 0.29) is 90.9 Å². The highest BCUT2D eigenvalue weighted by molar-refractivity contribution is 5.99. The number of hydrogen-bond donors (Lipinski definition) is 1. The van der Waals surface area contributed by atoms with Gasteiger partial charge in [0, 0.05) is 62.3 Å². The molecule has 1 aromatic heterocycles. The summed E-state index contributed by atoms with van der Waals surface area (Å²) in [5.74, 6) is -0.330. The first-order chi connectivity index (χ1) is 29.8. The summed E-state index contributed by atoms with van der Waals surface area (Å²) in [7, 11) is 9.15. The zero-order valence-electron chi connectivity index (χ0n) is 38.5. The number of hydrogen-bond acceptors (Lipinski definition) is 12. The maximum absolute atomic E-state index is 15.2. The molecule has 3 aliphatic heterocycles. The van der Waals surface area contributed by atoms with Crippen LogP contribution in [-0.4, -0.2) is 129 Å². The van der Waals surface area contributed by atoms with Crippen LogP contribution >= 0.6 is 0 Å². The molecule has 4 heterocycles. The van der Waals surface area contributed by atoms with Crippen molar-refractivity contribution in [3.8, 4) is 11.4 Å². The van der Waals surface area contributed by atoms with Gasteiger partial charge in [0.15, 0.2) is 18.4 Å². The van der Waals surface area contributed by atoms with Gasteiger partial charge in [-0.3, -0.25) is 9.59 Å². The third kappa shape index (κ3) is 8.86. The number of aromatic amines is 1. The van der Waals surface area contributed by atoms with Crippen LogP contribution in [0.2, 0.25) is 0 Å². The first-order valence-corrected chi connectivity index (χ1v) is 23.3. The zero-order chi connectivity index (χ0) is 44.0. The van der Waals surface area contributed by atoms with E-state index in [1.54, 1.807) is 21.3 Å². The Morgan fingerprint density at radius 1 is 0.855 bits per heavy atom. The molecule has 4 fully saturated rings. The molecule has 1 N–H and O–H groups in total. The molecule has 8 rings (SSSR count). The van der Waals surface area contributed by atoms with E-state index >= 15 is 4.79 Å². The molecule has 0 amide bonds. The van der Waals surface area contributed by atoms with Gasteiger partial charge in [-0.05, 0) is 104 Å². The molecule has 1 saturated carbocycles. The van der Waals surface area contributed by atoms with Crippen LogP contribution in [-0.2, 0) is 47.5 Å². The van der Waals surface area contributed by atoms with Crippen LogP contribution < -0.4 is 0 Å². The van der Waals surface area contributed by atoms with Crippen LogP contribution in [0.1, 0.15) is 114 Å². The number of fused-ring (bicyclic) bond motifs is 8. The number of cyclic esters (lactones) is 1. The highest BCUT2D eigenvalue weighted by Crippen LogP contribution is 2.61. The second-order valence-electron chi connectivity index (χ2n) is 19.3. The van der Waals surface area contributed by atoms with E-state index in [4.69, 9.17) is 42.9 Å². The van der Waals surface area contributed by atoms with Gasteiger partial charge in [0.2, 0.25) is 0 Å². The lowest BCUT2D eigenvalue weighted by Crippen LogP contribution is -2.59. The molecule has 13 nitrogen and oxygen atoms in total. The van der Waals surface area contributed by atoms with Crippen LogP contribution in [0, 0.1) is 30.6 Å². The van der Waals surface area contributed by atoms with E-state index < -0.39 is 24.2 Å². The van der Waals surface area contributed by atoms with Gasteiger partial charge < -0.3 is 47.8 Å². The van der Waals surface area contributed by atoms with Crippen molar-refractivity contribution in [1.82, 2.24) is 14.9 Å². The summed E-state index contributed by atoms with van der Waals surface area (Å²) >= 11 is 0. The summed E-state index contributed by atoms with van der Waals surface area (Å²) < 4.78 is 50.6. The molecule has 342 valence electrons. The third-order valence-electron chi connectivity index (χ3n) is 15.3. The Morgan fingerprint density at radius 2 is 1.60 bits per heavy atom. The van der Waals surface area contributed by atoms with Gasteiger partial charge in [-0.1, -0.05) is 49.8 Å². The van der Waals surface area contributed by atoms with Gasteiger partial charge in [0.25, 0.3) is 0 Å². The van der Waals surface area contributed by atoms with Crippen molar-refractivity contribution < 1.29 is 47.5 Å². The molecule has 0 radical (unpaired) electrons. The molecule has 62 heavy (non-hydrogen) atoms. The van der Waals surface area contributed by atoms with Crippen molar-refractivity contribution >= 4 is 11.8 Å². The molecule has 17 atom stereocenters. The maximum atomic E-state index is 15.2. The number of aromatic nitrogens is 2. The number of carbonyl (C=O) groups is 2. The van der Waals surface area contributed by atoms with E-state index in [1.807, 2.05) is 13.8 Å². The SMILES string of the molecule is CC[C@H]1CCC[C@H](O[C@H]2CC[C@H](N(C)C)C(C)O2)[C@@H](C)C(=O)C2=C[C@H]3[C@@H]4C[C@H](O[C@@H]5OC(C)[C@H](OC)C(OC)[C@@H]5OC)C[C@H]4c4nc(-c5ccc(C)cc5)[nH]c4[C@H]3[C@@H]2CC(=O)O1. The number of carbonyl (C=O) groups excluding carboxylic acids is 2. The number of benzene rings is 1. The lowest BCUT2D eigenvalue weighted by atomic mass is 9.67. The largest absolute Gasteiger partial charge is 0.462 e. The van der Waals surface area contributed by atoms with E-state index in [9.17, 15) is 4.79 Å². The van der Waals surface area contributed by atoms with Gasteiger partial charge >= 0.3 is 5.97 Å². The second kappa shape index (κ2) is 19.2. The van der Waals surface area contributed by atoms with E-state index in [0.717, 1.165) is 61.3 Å². The molecule has 13 heteroatoms. The molecule has 3 aliphatic carbocycles. The number of ketones is 1. The Balaban J connectivity index is 1.14. The van der Waals surface area contributed by atoms with Gasteiger partial charge in [0.1, 0.15) is 30.2 Å². The number of rotatable bonds is 10. The van der Waals surface area contributed by atoms with Crippen molar-refractivity contribution in [1.29, 1.82) is 0 Å². The Hall–Kier alpha value is -3.01. The summed E-state index contributed by atoms with van der Waals surface area (Å²) in [6, 6.07) is 8.70. The quantitative estimate of drug-likeness (QED) is 0.241. The minimum Gasteiger partial charge on any atom is -0.462 e. The predicted molar refractivity (Wildman–Crippen MR) is 232 cm³/mol. The molecule has 3 unspecified atom stereocenters. The summed E-state index contributed by atoms with van der Waals surface area (Å²) in [6.07, 6.45) is 5.14. The lowest BCUT2D eigenvalue weighted by molar-refractivity contribution is -0.314. The van der Waals surface area contributed by atoms with Crippen molar-refractivity contribution in [3.63, 3.8) is 0 Å². The topological polar surface area (TPSA) is 140 Å². The fraction of sp³-hybridized carbons (Fsp3) is 0.735. The number of likely N-dealkylation sites (N-methyl/N-ethyl adjacent to an activating group) is 1. The van der Waals surface area contributed by atoms with E-state index in [2.05, 4.69) is 75.1 Å². The second-order valence-corrected chi connectivity index (χ2v) is 19.3. The smallest absolute Gasteiger partial charge is 0.306 e. The molecule has 2 aromatic rings. The Morgan fingerprint density at radius 3 is 2.27 bits per heavy atom. The van der Waals surface area contributed by atoms with Crippen LogP contribution in [0.5, 0.6) is 0 Å². The zero-order valence-corrected chi connectivity index (χ0v) is 38.5. The first-order valence-electron chi connectivity index (χ1n) is 23.3. The predicted octanol–water partition coefficient (Wildman–Crippen LogP) is 7.26. The van der Waals surface area contributed by atoms with Crippen molar-refractivity contribution in [2.45, 2.75) is 172 Å². The van der Waals surface area contributed by atoms with Gasteiger partial charge in [-0.2, -0.15) is 0 Å². The van der Waals surface area contributed by atoms with Crippen LogP contribution in [0.3, 0.4) is 0 Å². The monoisotopic (exact) mass is 862 g/mol. The average Bonchev–Trinajstić information content (AvgIpc) is 3.97. The van der Waals surface area contributed by atoms with E-state index in [0.29, 0.717) is 24.5 Å². The normalized spacial score (nSPS) is 40.1. The molecule has 0 spiro atoms. The Labute approximate surface area is 368 Å². The average molecular weight is 862 g/mol. The number of ether oxygens (including phenoxy) is 8. The van der Waals surface area contributed by atoms with Gasteiger partial charge in [-0.15, -0.1) is 0 Å². The van der Waals surface area contributed by atoms with Gasteiger partial charge in [-0.25, -0.2) is 4.98 Å². The third-order valence-corrected chi connectivity index (χ3v) is 15.3. The number of Topliss-reactive ketones (excluding diaryl/α,β-unsaturated/α-hetero) is 1. The first kappa shape index (κ1) is 45.6. The lowest BCUT2D eigenvalue weighted by Gasteiger charge is -2.44. The van der Waals surface area contributed by atoms with Crippen LogP contribution in [0.25, 0.3) is 11.4 Å². The maximum Gasteiger partial charge on any atom is 0.306 e. The van der Waals surface area contributed by atoms with Crippen LogP contribution in [0.4, 0.5) is 0 Å². The number of nitrogens with one attached hydrogen (secondary N) is 1. The number of nitrogens with zero attached hydrogens (tertiary/aromatic N) is 2. The highest BCUT2D eigenvalue weighted by atomic mass is 16.7. The number of aryl methyl sites for hydroxylation is 1. The molecule has 1 aromatic carbocycles. The fourth-order valence-corrected chi connectivity index (χ4v) is 12.0. The van der Waals surface area contributed by atoms with Crippen LogP contribution in [0.15, 0.2) is 35.9 Å². The minimum atomic E-state index is -0.670. The Kier molecular flexibility index (Phi) is 14.1. The molecular formula is C49H71N3O10. The molecule has 6 aliphatic rings. The van der Waals surface area contributed by atoms with Gasteiger partial charge in [0.05, 0.1) is 36.5 Å². The summed E-state index contributed by atoms with van der Waals surface area (Å²) in [6.45, 7) is 10.2. The molecular weight excluding hydrogens is 791 g/mol. The highest BCUT2D eigenvalue weighted by Gasteiger charge is 2.57. The fourth-order valence-electron chi connectivity index (χ4n) is 12.0. The minimum absolute atomic E-state index is 0.00707. The summed E-state index contributed by atoms with van der Waals surface area (Å²) in [5, 5.41) is 0. The number of imidazole rings is 1. The summed E-state index contributed by atoms with van der Waals surface area (Å²) in [5.41, 5.74) is 4.86. The summed E-state index contributed by atoms with van der Waals surface area (Å²) in [4.78, 5) is 40.7. The number of H-pyrrole nitrogens is 1. The molecule has 0 bridgehead atoms. The van der Waals surface area contributed by atoms with Crippen molar-refractivity contribution in [2.24, 2.45) is 23.7 Å². The molecule has 3 saturated heterocycles. The standard InChI is InChI=1S/C49H71N3O10/c1-11-30-13-12-14-38(62-40-20-19-37(52(6)7)27(4)58-40)26(3)44(54)36-23-33-32-21-31(61-49-47(57-10)46(56-9)45(55-8)28(5)59-49)22-35(32)42-43(41(33)34(36)24-39(53)60-30)51-48(50-42)29-17-15-25(2)16-18-29/h15-18,23,26-28,30-35,37-38,40-41,45-47,49H,11-14,19-22,24H2,1-10H3,(H,50,51)/t26-,27?,28?,30+,31+,32+,33+,34-,35-,37+,38+,40+,41-,45+,46?,47+,49+/m1/s1. The number of esters is 1. The van der Waals surface area contributed by atoms with Crippen molar-refractivity contribution in [3.05, 3.63) is 52.9 Å².